The Labute approximate surface area is 83.2 Å². The van der Waals surface area contributed by atoms with E-state index in [9.17, 15) is 0 Å². The van der Waals surface area contributed by atoms with Crippen molar-refractivity contribution in [3.63, 3.8) is 0 Å². The molecule has 3 nitrogen and oxygen atoms in total. The number of pyridine rings is 2. The van der Waals surface area contributed by atoms with E-state index in [2.05, 4.69) is 22.2 Å². The Morgan fingerprint density at radius 1 is 1.29 bits per heavy atom. The molecule has 0 spiro atoms. The number of anilines is 1. The van der Waals surface area contributed by atoms with E-state index in [0.29, 0.717) is 0 Å². The number of nitrogens with one attached hydrogen (secondary N) is 1. The van der Waals surface area contributed by atoms with Crippen molar-refractivity contribution in [2.24, 2.45) is 0 Å². The van der Waals surface area contributed by atoms with Crippen molar-refractivity contribution in [2.75, 3.05) is 11.9 Å². The van der Waals surface area contributed by atoms with E-state index in [0.717, 1.165) is 29.6 Å². The summed E-state index contributed by atoms with van der Waals surface area (Å²) in [4.78, 5) is 8.37. The highest BCUT2D eigenvalue weighted by Crippen LogP contribution is 2.19. The molecule has 0 unspecified atom stereocenters. The number of nitrogens with zero attached hydrogens (tertiary/aromatic N) is 2. The molecule has 0 saturated heterocycles. The van der Waals surface area contributed by atoms with Gasteiger partial charge in [0.1, 0.15) is 0 Å². The van der Waals surface area contributed by atoms with Gasteiger partial charge in [0.25, 0.3) is 0 Å². The van der Waals surface area contributed by atoms with Gasteiger partial charge >= 0.3 is 0 Å². The lowest BCUT2D eigenvalue weighted by molar-refractivity contribution is 0.981. The van der Waals surface area contributed by atoms with E-state index in [4.69, 9.17) is 0 Å². The highest BCUT2D eigenvalue weighted by Gasteiger charge is 1.99. The van der Waals surface area contributed by atoms with Gasteiger partial charge in [0, 0.05) is 36.2 Å². The van der Waals surface area contributed by atoms with E-state index in [1.165, 1.54) is 0 Å². The number of rotatable bonds is 3. The summed E-state index contributed by atoms with van der Waals surface area (Å²) in [5.74, 6) is 0. The molecule has 2 aromatic rings. The van der Waals surface area contributed by atoms with E-state index in [-0.39, 0.29) is 0 Å². The van der Waals surface area contributed by atoms with E-state index in [1.54, 1.807) is 6.20 Å². The van der Waals surface area contributed by atoms with Crippen molar-refractivity contribution in [3.05, 3.63) is 30.7 Å². The summed E-state index contributed by atoms with van der Waals surface area (Å²) in [6.45, 7) is 3.13. The second-order valence-electron chi connectivity index (χ2n) is 3.18. The van der Waals surface area contributed by atoms with Crippen molar-refractivity contribution in [3.8, 4) is 0 Å². The van der Waals surface area contributed by atoms with E-state index < -0.39 is 0 Å². The zero-order valence-corrected chi connectivity index (χ0v) is 8.20. The van der Waals surface area contributed by atoms with Gasteiger partial charge in [0.15, 0.2) is 0 Å². The van der Waals surface area contributed by atoms with Crippen LogP contribution in [0.25, 0.3) is 10.9 Å². The molecule has 0 fully saturated rings. The summed E-state index contributed by atoms with van der Waals surface area (Å²) in [5.41, 5.74) is 2.10. The number of hydrogen-bond donors (Lipinski definition) is 1. The first-order valence-corrected chi connectivity index (χ1v) is 4.84. The van der Waals surface area contributed by atoms with E-state index >= 15 is 0 Å². The van der Waals surface area contributed by atoms with Crippen LogP contribution in [0.15, 0.2) is 30.7 Å². The molecule has 2 heterocycles. The molecule has 0 atom stereocenters. The molecule has 0 aliphatic rings. The standard InChI is InChI=1S/C11H13N3/c1-2-5-13-11-4-7-14-10-3-6-12-8-9(10)11/h3-4,6-8H,2,5H2,1H3,(H,13,14). The molecule has 0 aliphatic carbocycles. The van der Waals surface area contributed by atoms with Crippen LogP contribution in [0, 0.1) is 0 Å². The van der Waals surface area contributed by atoms with Gasteiger partial charge in [-0.1, -0.05) is 6.92 Å². The lowest BCUT2D eigenvalue weighted by atomic mass is 10.2. The van der Waals surface area contributed by atoms with E-state index in [1.807, 2.05) is 24.5 Å². The molecule has 1 N–H and O–H groups in total. The van der Waals surface area contributed by atoms with Crippen molar-refractivity contribution < 1.29 is 0 Å². The van der Waals surface area contributed by atoms with Crippen LogP contribution >= 0.6 is 0 Å². The second kappa shape index (κ2) is 4.05. The summed E-state index contributed by atoms with van der Waals surface area (Å²) in [6, 6.07) is 3.91. The third-order valence-electron chi connectivity index (χ3n) is 2.11. The number of hydrogen-bond acceptors (Lipinski definition) is 3. The van der Waals surface area contributed by atoms with Crippen molar-refractivity contribution in [1.82, 2.24) is 9.97 Å². The molecule has 72 valence electrons. The zero-order valence-electron chi connectivity index (χ0n) is 8.20. The van der Waals surface area contributed by atoms with Crippen LogP contribution in [0.4, 0.5) is 5.69 Å². The summed E-state index contributed by atoms with van der Waals surface area (Å²) in [7, 11) is 0. The first kappa shape index (κ1) is 8.94. The highest BCUT2D eigenvalue weighted by atomic mass is 14.9. The molecule has 2 aromatic heterocycles. The van der Waals surface area contributed by atoms with Gasteiger partial charge in [-0.25, -0.2) is 0 Å². The first-order chi connectivity index (χ1) is 6.92. The Balaban J connectivity index is 2.43. The average Bonchev–Trinajstić information content (AvgIpc) is 2.26. The van der Waals surface area contributed by atoms with Gasteiger partial charge in [-0.3, -0.25) is 9.97 Å². The molecule has 3 heteroatoms. The Kier molecular flexibility index (Phi) is 2.58. The molecular weight excluding hydrogens is 174 g/mol. The Morgan fingerprint density at radius 2 is 2.21 bits per heavy atom. The largest absolute Gasteiger partial charge is 0.384 e. The van der Waals surface area contributed by atoms with Crippen LogP contribution < -0.4 is 5.32 Å². The van der Waals surface area contributed by atoms with Crippen LogP contribution in [0.2, 0.25) is 0 Å². The number of aromatic nitrogens is 2. The van der Waals surface area contributed by atoms with Gasteiger partial charge < -0.3 is 5.32 Å². The minimum atomic E-state index is 0.980. The molecule has 0 aromatic carbocycles. The van der Waals surface area contributed by atoms with Gasteiger partial charge in [-0.2, -0.15) is 0 Å². The summed E-state index contributed by atoms with van der Waals surface area (Å²) in [5, 5.41) is 4.44. The maximum Gasteiger partial charge on any atom is 0.0753 e. The fourth-order valence-corrected chi connectivity index (χ4v) is 1.40. The molecule has 14 heavy (non-hydrogen) atoms. The fraction of sp³-hybridized carbons (Fsp3) is 0.273. The Bertz CT molecular complexity index is 420. The van der Waals surface area contributed by atoms with Gasteiger partial charge in [-0.05, 0) is 18.6 Å². The predicted molar refractivity (Wildman–Crippen MR) is 58.3 cm³/mol. The normalized spacial score (nSPS) is 10.4. The quantitative estimate of drug-likeness (QED) is 0.802. The predicted octanol–water partition coefficient (Wildman–Crippen LogP) is 2.45. The molecule has 0 amide bonds. The van der Waals surface area contributed by atoms with Gasteiger partial charge in [0.2, 0.25) is 0 Å². The smallest absolute Gasteiger partial charge is 0.0753 e. The maximum absolute atomic E-state index is 4.27. The minimum absolute atomic E-state index is 0.980. The third-order valence-corrected chi connectivity index (χ3v) is 2.11. The van der Waals surface area contributed by atoms with Crippen LogP contribution in [0.3, 0.4) is 0 Å². The molecule has 2 rings (SSSR count). The molecule has 0 aliphatic heterocycles. The number of fused-ring (bicyclic) bond motifs is 1. The van der Waals surface area contributed by atoms with Crippen LogP contribution in [0.1, 0.15) is 13.3 Å². The summed E-state index contributed by atoms with van der Waals surface area (Å²) >= 11 is 0. The Morgan fingerprint density at radius 3 is 3.07 bits per heavy atom. The minimum Gasteiger partial charge on any atom is -0.384 e. The van der Waals surface area contributed by atoms with Crippen molar-refractivity contribution >= 4 is 16.6 Å². The van der Waals surface area contributed by atoms with Crippen LogP contribution in [-0.2, 0) is 0 Å². The monoisotopic (exact) mass is 187 g/mol. The SMILES string of the molecule is CCCNc1ccnc2ccncc12. The lowest BCUT2D eigenvalue weighted by Gasteiger charge is -2.06. The van der Waals surface area contributed by atoms with Gasteiger partial charge in [0.05, 0.1) is 5.52 Å². The third kappa shape index (κ3) is 1.66. The topological polar surface area (TPSA) is 37.8 Å². The molecule has 0 bridgehead atoms. The fourth-order valence-electron chi connectivity index (χ4n) is 1.40. The summed E-state index contributed by atoms with van der Waals surface area (Å²) in [6.07, 6.45) is 6.55. The lowest BCUT2D eigenvalue weighted by Crippen LogP contribution is -2.00. The zero-order chi connectivity index (χ0) is 9.80. The molecular formula is C11H13N3. The first-order valence-electron chi connectivity index (χ1n) is 4.84. The second-order valence-corrected chi connectivity index (χ2v) is 3.18. The average molecular weight is 187 g/mol. The van der Waals surface area contributed by atoms with Crippen LogP contribution in [0.5, 0.6) is 0 Å². The molecule has 0 saturated carbocycles. The molecule has 0 radical (unpaired) electrons. The Hall–Kier alpha value is -1.64. The van der Waals surface area contributed by atoms with Crippen molar-refractivity contribution in [1.29, 1.82) is 0 Å². The van der Waals surface area contributed by atoms with Crippen molar-refractivity contribution in [2.45, 2.75) is 13.3 Å². The summed E-state index contributed by atoms with van der Waals surface area (Å²) < 4.78 is 0. The highest BCUT2D eigenvalue weighted by molar-refractivity contribution is 5.89. The van der Waals surface area contributed by atoms with Gasteiger partial charge in [-0.15, -0.1) is 0 Å². The maximum atomic E-state index is 4.27. The van der Waals surface area contributed by atoms with Crippen LogP contribution in [-0.4, -0.2) is 16.5 Å².